The Labute approximate surface area is 170 Å². The van der Waals surface area contributed by atoms with Crippen LogP contribution in [0, 0.1) is 0 Å². The predicted molar refractivity (Wildman–Crippen MR) is 115 cm³/mol. The number of anilines is 1. The topological polar surface area (TPSA) is 71.0 Å². The highest BCUT2D eigenvalue weighted by molar-refractivity contribution is 7.13. The molecule has 0 saturated heterocycles. The summed E-state index contributed by atoms with van der Waals surface area (Å²) in [5.74, 6) is 2.57. The Bertz CT molecular complexity index is 834. The van der Waals surface area contributed by atoms with E-state index in [1.165, 1.54) is 5.56 Å². The summed E-state index contributed by atoms with van der Waals surface area (Å²) >= 11 is 1.63. The maximum atomic E-state index is 5.90. The lowest BCUT2D eigenvalue weighted by Gasteiger charge is -2.15. The van der Waals surface area contributed by atoms with Crippen LogP contribution in [0.3, 0.4) is 0 Å². The molecule has 3 rings (SSSR count). The molecular weight excluding hydrogens is 374 g/mol. The van der Waals surface area contributed by atoms with Gasteiger partial charge >= 0.3 is 0 Å². The summed E-state index contributed by atoms with van der Waals surface area (Å²) in [5, 5.41) is 9.72. The van der Waals surface area contributed by atoms with E-state index in [0.29, 0.717) is 19.7 Å². The fourth-order valence-electron chi connectivity index (χ4n) is 3.07. The molecule has 0 spiro atoms. The summed E-state index contributed by atoms with van der Waals surface area (Å²) in [7, 11) is 5.75. The third-order valence-electron chi connectivity index (χ3n) is 4.41. The van der Waals surface area contributed by atoms with Gasteiger partial charge in [-0.05, 0) is 26.0 Å². The molecule has 1 aliphatic heterocycles. The molecule has 1 aromatic heterocycles. The molecule has 1 atom stereocenters. The van der Waals surface area contributed by atoms with Gasteiger partial charge in [-0.2, -0.15) is 0 Å². The van der Waals surface area contributed by atoms with E-state index in [4.69, 9.17) is 9.47 Å². The number of ether oxygens (including phenoxy) is 2. The lowest BCUT2D eigenvalue weighted by molar-refractivity contribution is 0.254. The number of fused-ring (bicyclic) bond motifs is 1. The molecule has 2 aromatic rings. The van der Waals surface area contributed by atoms with Gasteiger partial charge in [0.2, 0.25) is 0 Å². The number of aromatic nitrogens is 1. The molecule has 1 aliphatic rings. The fourth-order valence-corrected chi connectivity index (χ4v) is 3.82. The first kappa shape index (κ1) is 20.3. The number of benzene rings is 1. The van der Waals surface area contributed by atoms with Crippen LogP contribution in [0.5, 0.6) is 11.5 Å². The summed E-state index contributed by atoms with van der Waals surface area (Å²) in [6.45, 7) is 5.94. The number of hydrogen-bond donors (Lipinski definition) is 2. The van der Waals surface area contributed by atoms with Gasteiger partial charge in [0.05, 0.1) is 18.8 Å². The van der Waals surface area contributed by atoms with Gasteiger partial charge < -0.3 is 25.0 Å². The summed E-state index contributed by atoms with van der Waals surface area (Å²) in [6.07, 6.45) is 1.14. The average Bonchev–Trinajstić information content (AvgIpc) is 3.27. The highest BCUT2D eigenvalue weighted by Gasteiger charge is 2.22. The minimum atomic E-state index is 0.215. The number of nitrogens with one attached hydrogen (secondary N) is 2. The molecule has 8 heteroatoms. The monoisotopic (exact) mass is 403 g/mol. The van der Waals surface area contributed by atoms with E-state index in [-0.39, 0.29) is 6.10 Å². The zero-order chi connectivity index (χ0) is 20.1. The minimum Gasteiger partial charge on any atom is -0.494 e. The van der Waals surface area contributed by atoms with Crippen LogP contribution >= 0.6 is 11.3 Å². The maximum Gasteiger partial charge on any atom is 0.191 e. The smallest absolute Gasteiger partial charge is 0.191 e. The molecule has 1 unspecified atom stereocenters. The van der Waals surface area contributed by atoms with Gasteiger partial charge in [-0.1, -0.05) is 0 Å². The van der Waals surface area contributed by atoms with Crippen molar-refractivity contribution in [2.45, 2.75) is 39.5 Å². The molecule has 0 bridgehead atoms. The zero-order valence-corrected chi connectivity index (χ0v) is 18.0. The number of guanidine groups is 1. The van der Waals surface area contributed by atoms with Crippen LogP contribution < -0.4 is 25.0 Å². The maximum absolute atomic E-state index is 5.90. The fraction of sp³-hybridized carbons (Fsp3) is 0.500. The Hall–Kier alpha value is -2.48. The van der Waals surface area contributed by atoms with Gasteiger partial charge in [0.1, 0.15) is 17.6 Å². The highest BCUT2D eigenvalue weighted by Crippen LogP contribution is 2.35. The SMILES string of the molecule is CCOc1cc2c(cc1CNC(=NC)NCc1csc(N(C)C)n1)OC(C)C2. The minimum absolute atomic E-state index is 0.215. The molecule has 2 N–H and O–H groups in total. The van der Waals surface area contributed by atoms with Gasteiger partial charge in [-0.15, -0.1) is 11.3 Å². The number of thiazole rings is 1. The molecule has 7 nitrogen and oxygen atoms in total. The Morgan fingerprint density at radius 1 is 1.36 bits per heavy atom. The van der Waals surface area contributed by atoms with Crippen LogP contribution in [0.15, 0.2) is 22.5 Å². The van der Waals surface area contributed by atoms with Gasteiger partial charge in [0, 0.05) is 50.6 Å². The number of rotatable bonds is 7. The quantitative estimate of drug-likeness (QED) is 0.547. The van der Waals surface area contributed by atoms with E-state index in [1.54, 1.807) is 18.4 Å². The first-order chi connectivity index (χ1) is 13.5. The van der Waals surface area contributed by atoms with Gasteiger partial charge in [0.25, 0.3) is 0 Å². The van der Waals surface area contributed by atoms with Crippen molar-refractivity contribution < 1.29 is 9.47 Å². The van der Waals surface area contributed by atoms with Crippen molar-refractivity contribution in [2.24, 2.45) is 4.99 Å². The molecule has 0 fully saturated rings. The van der Waals surface area contributed by atoms with Gasteiger partial charge in [0.15, 0.2) is 11.1 Å². The molecule has 0 saturated carbocycles. The first-order valence-corrected chi connectivity index (χ1v) is 10.4. The molecule has 1 aromatic carbocycles. The molecule has 0 radical (unpaired) electrons. The summed E-state index contributed by atoms with van der Waals surface area (Å²) in [5.41, 5.74) is 3.26. The van der Waals surface area contributed by atoms with Crippen molar-refractivity contribution in [1.29, 1.82) is 0 Å². The van der Waals surface area contributed by atoms with Crippen LogP contribution in [-0.2, 0) is 19.5 Å². The van der Waals surface area contributed by atoms with Crippen LogP contribution in [0.2, 0.25) is 0 Å². The summed E-state index contributed by atoms with van der Waals surface area (Å²) in [6, 6.07) is 4.18. The first-order valence-electron chi connectivity index (χ1n) is 9.51. The van der Waals surface area contributed by atoms with Crippen LogP contribution in [-0.4, -0.2) is 44.8 Å². The Morgan fingerprint density at radius 2 is 2.14 bits per heavy atom. The molecule has 152 valence electrons. The Kier molecular flexibility index (Phi) is 6.61. The third kappa shape index (κ3) is 4.86. The van der Waals surface area contributed by atoms with Crippen LogP contribution in [0.25, 0.3) is 0 Å². The van der Waals surface area contributed by atoms with Gasteiger partial charge in [-0.3, -0.25) is 4.99 Å². The standard InChI is InChI=1S/C20H29N5O2S/c1-6-26-17-8-14-7-13(2)27-18(14)9-15(17)10-22-19(21-3)23-11-16-12-28-20(24-16)25(4)5/h8-9,12-13H,6-7,10-11H2,1-5H3,(H2,21,22,23). The highest BCUT2D eigenvalue weighted by atomic mass is 32.1. The number of hydrogen-bond acceptors (Lipinski definition) is 6. The molecule has 28 heavy (non-hydrogen) atoms. The predicted octanol–water partition coefficient (Wildman–Crippen LogP) is 2.80. The van der Waals surface area contributed by atoms with Crippen LogP contribution in [0.4, 0.5) is 5.13 Å². The largest absolute Gasteiger partial charge is 0.494 e. The zero-order valence-electron chi connectivity index (χ0n) is 17.2. The molecular formula is C20H29N5O2S. The lowest BCUT2D eigenvalue weighted by Crippen LogP contribution is -2.36. The van der Waals surface area contributed by atoms with Crippen molar-refractivity contribution in [3.05, 3.63) is 34.3 Å². The van der Waals surface area contributed by atoms with E-state index in [2.05, 4.69) is 45.0 Å². The van der Waals surface area contributed by atoms with E-state index in [1.807, 2.05) is 25.9 Å². The van der Waals surface area contributed by atoms with E-state index < -0.39 is 0 Å². The van der Waals surface area contributed by atoms with Crippen molar-refractivity contribution >= 4 is 22.4 Å². The van der Waals surface area contributed by atoms with Crippen molar-refractivity contribution in [3.63, 3.8) is 0 Å². The Morgan fingerprint density at radius 3 is 2.82 bits per heavy atom. The molecule has 0 amide bonds. The second kappa shape index (κ2) is 9.14. The Balaban J connectivity index is 1.62. The lowest BCUT2D eigenvalue weighted by atomic mass is 10.1. The number of nitrogens with zero attached hydrogens (tertiary/aromatic N) is 3. The molecule has 0 aliphatic carbocycles. The third-order valence-corrected chi connectivity index (χ3v) is 5.47. The second-order valence-electron chi connectivity index (χ2n) is 6.93. The van der Waals surface area contributed by atoms with E-state index >= 15 is 0 Å². The van der Waals surface area contributed by atoms with Gasteiger partial charge in [-0.25, -0.2) is 4.98 Å². The van der Waals surface area contributed by atoms with E-state index in [9.17, 15) is 0 Å². The summed E-state index contributed by atoms with van der Waals surface area (Å²) in [4.78, 5) is 10.9. The summed E-state index contributed by atoms with van der Waals surface area (Å²) < 4.78 is 11.7. The van der Waals surface area contributed by atoms with Crippen molar-refractivity contribution in [2.75, 3.05) is 32.6 Å². The van der Waals surface area contributed by atoms with Crippen molar-refractivity contribution in [1.82, 2.24) is 15.6 Å². The van der Waals surface area contributed by atoms with E-state index in [0.717, 1.165) is 40.3 Å². The second-order valence-corrected chi connectivity index (χ2v) is 7.76. The van der Waals surface area contributed by atoms with Crippen molar-refractivity contribution in [3.8, 4) is 11.5 Å². The normalized spacial score (nSPS) is 15.8. The average molecular weight is 404 g/mol. The van der Waals surface area contributed by atoms with Crippen LogP contribution in [0.1, 0.15) is 30.7 Å². The molecule has 2 heterocycles. The number of aliphatic imine (C=N–C) groups is 1.